The highest BCUT2D eigenvalue weighted by molar-refractivity contribution is 5.99. The monoisotopic (exact) mass is 366 g/mol. The zero-order valence-electron chi connectivity index (χ0n) is 13.7. The van der Waals surface area contributed by atoms with E-state index in [0.717, 1.165) is 0 Å². The van der Waals surface area contributed by atoms with Gasteiger partial charge in [0.05, 0.1) is 13.7 Å². The Morgan fingerprint density at radius 3 is 2.42 bits per heavy atom. The van der Waals surface area contributed by atoms with Crippen molar-refractivity contribution in [2.24, 2.45) is 0 Å². The van der Waals surface area contributed by atoms with Crippen LogP contribution in [0.5, 0.6) is 17.2 Å². The fraction of sp³-hybridized carbons (Fsp3) is 0.176. The molecule has 0 aliphatic heterocycles. The lowest BCUT2D eigenvalue weighted by Crippen LogP contribution is -2.32. The van der Waals surface area contributed by atoms with Gasteiger partial charge in [0.2, 0.25) is 5.91 Å². The fourth-order valence-electron chi connectivity index (χ4n) is 2.02. The van der Waals surface area contributed by atoms with Crippen LogP contribution in [-0.4, -0.2) is 37.2 Å². The van der Waals surface area contributed by atoms with Crippen molar-refractivity contribution in [1.82, 2.24) is 5.32 Å². The molecular formula is C17H16F2N2O5. The fourth-order valence-corrected chi connectivity index (χ4v) is 2.02. The van der Waals surface area contributed by atoms with Crippen LogP contribution in [0.3, 0.4) is 0 Å². The Morgan fingerprint density at radius 1 is 1.15 bits per heavy atom. The Labute approximate surface area is 147 Å². The third kappa shape index (κ3) is 5.33. The van der Waals surface area contributed by atoms with Crippen molar-refractivity contribution in [1.29, 1.82) is 0 Å². The van der Waals surface area contributed by atoms with Gasteiger partial charge in [0.1, 0.15) is 5.75 Å². The van der Waals surface area contributed by atoms with Crippen molar-refractivity contribution >= 4 is 17.5 Å². The molecule has 0 heterocycles. The van der Waals surface area contributed by atoms with E-state index in [0.29, 0.717) is 5.69 Å². The standard InChI is InChI=1S/C17H16F2N2O5/c1-25-14-7-4-11(8-13(14)22)21-15(23)9-20-16(24)10-2-5-12(6-3-10)26-17(18)19/h2-8,17,22H,9H2,1H3,(H,20,24)(H,21,23). The van der Waals surface area contributed by atoms with Crippen LogP contribution < -0.4 is 20.1 Å². The van der Waals surface area contributed by atoms with Gasteiger partial charge in [-0.15, -0.1) is 0 Å². The first-order valence-corrected chi connectivity index (χ1v) is 7.39. The quantitative estimate of drug-likeness (QED) is 0.699. The lowest BCUT2D eigenvalue weighted by Gasteiger charge is -2.09. The molecule has 0 saturated carbocycles. The molecule has 0 radical (unpaired) electrons. The summed E-state index contributed by atoms with van der Waals surface area (Å²) in [6.07, 6.45) is 0. The molecule has 2 aromatic carbocycles. The van der Waals surface area contributed by atoms with E-state index in [1.807, 2.05) is 0 Å². The topological polar surface area (TPSA) is 96.9 Å². The number of phenols is 1. The SMILES string of the molecule is COc1ccc(NC(=O)CNC(=O)c2ccc(OC(F)F)cc2)cc1O. The Hall–Kier alpha value is -3.36. The van der Waals surface area contributed by atoms with E-state index >= 15 is 0 Å². The van der Waals surface area contributed by atoms with Gasteiger partial charge in [0.15, 0.2) is 11.5 Å². The second-order valence-corrected chi connectivity index (χ2v) is 5.02. The lowest BCUT2D eigenvalue weighted by molar-refractivity contribution is -0.115. The van der Waals surface area contributed by atoms with Gasteiger partial charge in [-0.2, -0.15) is 8.78 Å². The first-order chi connectivity index (χ1) is 12.4. The van der Waals surface area contributed by atoms with Gasteiger partial charge in [-0.3, -0.25) is 9.59 Å². The normalized spacial score (nSPS) is 10.3. The van der Waals surface area contributed by atoms with E-state index in [1.165, 1.54) is 49.6 Å². The number of nitrogens with one attached hydrogen (secondary N) is 2. The second kappa shape index (κ2) is 8.65. The minimum Gasteiger partial charge on any atom is -0.504 e. The summed E-state index contributed by atoms with van der Waals surface area (Å²) in [4.78, 5) is 23.8. The molecule has 2 aromatic rings. The summed E-state index contributed by atoms with van der Waals surface area (Å²) in [5.74, 6) is -1.02. The Balaban J connectivity index is 1.86. The van der Waals surface area contributed by atoms with E-state index in [4.69, 9.17) is 4.74 Å². The van der Waals surface area contributed by atoms with Crippen molar-refractivity contribution in [2.75, 3.05) is 19.0 Å². The van der Waals surface area contributed by atoms with E-state index < -0.39 is 18.4 Å². The van der Waals surface area contributed by atoms with Gasteiger partial charge in [-0.1, -0.05) is 0 Å². The molecule has 138 valence electrons. The predicted molar refractivity (Wildman–Crippen MR) is 88.7 cm³/mol. The van der Waals surface area contributed by atoms with Crippen LogP contribution >= 0.6 is 0 Å². The van der Waals surface area contributed by atoms with Gasteiger partial charge in [0.25, 0.3) is 5.91 Å². The van der Waals surface area contributed by atoms with Gasteiger partial charge in [-0.05, 0) is 36.4 Å². The number of halogens is 2. The van der Waals surface area contributed by atoms with Crippen molar-refractivity contribution < 1.29 is 33.0 Å². The maximum atomic E-state index is 12.1. The molecule has 26 heavy (non-hydrogen) atoms. The van der Waals surface area contributed by atoms with Crippen LogP contribution in [-0.2, 0) is 4.79 Å². The first kappa shape index (κ1) is 19.0. The molecule has 0 aromatic heterocycles. The van der Waals surface area contributed by atoms with Gasteiger partial charge < -0.3 is 25.2 Å². The summed E-state index contributed by atoms with van der Waals surface area (Å²) in [5.41, 5.74) is 0.512. The molecule has 7 nitrogen and oxygen atoms in total. The average Bonchev–Trinajstić information content (AvgIpc) is 2.60. The van der Waals surface area contributed by atoms with Gasteiger partial charge in [-0.25, -0.2) is 0 Å². The zero-order valence-corrected chi connectivity index (χ0v) is 13.7. The Kier molecular flexibility index (Phi) is 6.31. The van der Waals surface area contributed by atoms with Crippen molar-refractivity contribution in [2.45, 2.75) is 6.61 Å². The summed E-state index contributed by atoms with van der Waals surface area (Å²) in [6.45, 7) is -3.27. The third-order valence-electron chi connectivity index (χ3n) is 3.21. The van der Waals surface area contributed by atoms with Crippen molar-refractivity contribution in [3.63, 3.8) is 0 Å². The number of carbonyl (C=O) groups is 2. The molecule has 9 heteroatoms. The van der Waals surface area contributed by atoms with Crippen LogP contribution in [0, 0.1) is 0 Å². The van der Waals surface area contributed by atoms with Gasteiger partial charge in [0, 0.05) is 17.3 Å². The molecule has 2 rings (SSSR count). The molecule has 0 unspecified atom stereocenters. The number of hydrogen-bond donors (Lipinski definition) is 3. The van der Waals surface area contributed by atoms with Crippen LogP contribution in [0.25, 0.3) is 0 Å². The maximum Gasteiger partial charge on any atom is 0.387 e. The minimum absolute atomic E-state index is 0.0754. The summed E-state index contributed by atoms with van der Waals surface area (Å²) in [6, 6.07) is 9.36. The molecule has 0 fully saturated rings. The Bertz CT molecular complexity index is 781. The molecule has 0 saturated heterocycles. The number of phenolic OH excluding ortho intramolecular Hbond substituents is 1. The highest BCUT2D eigenvalue weighted by Gasteiger charge is 2.11. The molecule has 0 atom stereocenters. The number of methoxy groups -OCH3 is 1. The number of carbonyl (C=O) groups excluding carboxylic acids is 2. The molecule has 0 spiro atoms. The summed E-state index contributed by atoms with van der Waals surface area (Å²) >= 11 is 0. The van der Waals surface area contributed by atoms with E-state index in [1.54, 1.807) is 0 Å². The highest BCUT2D eigenvalue weighted by atomic mass is 19.3. The number of anilines is 1. The summed E-state index contributed by atoms with van der Waals surface area (Å²) < 4.78 is 33.2. The van der Waals surface area contributed by atoms with Crippen molar-refractivity contribution in [3.8, 4) is 17.2 Å². The maximum absolute atomic E-state index is 12.1. The molecule has 0 bridgehead atoms. The summed E-state index contributed by atoms with van der Waals surface area (Å²) in [7, 11) is 1.40. The first-order valence-electron chi connectivity index (χ1n) is 7.39. The number of rotatable bonds is 7. The largest absolute Gasteiger partial charge is 0.504 e. The molecule has 0 aliphatic carbocycles. The second-order valence-electron chi connectivity index (χ2n) is 5.02. The van der Waals surface area contributed by atoms with E-state index in [-0.39, 0.29) is 29.4 Å². The molecule has 2 amide bonds. The molecule has 0 aliphatic rings. The van der Waals surface area contributed by atoms with E-state index in [9.17, 15) is 23.5 Å². The minimum atomic E-state index is -2.95. The predicted octanol–water partition coefficient (Wildman–Crippen LogP) is 2.37. The smallest absolute Gasteiger partial charge is 0.387 e. The van der Waals surface area contributed by atoms with Crippen LogP contribution in [0.15, 0.2) is 42.5 Å². The number of benzene rings is 2. The molecular weight excluding hydrogens is 350 g/mol. The van der Waals surface area contributed by atoms with E-state index in [2.05, 4.69) is 15.4 Å². The number of ether oxygens (including phenoxy) is 2. The van der Waals surface area contributed by atoms with Crippen molar-refractivity contribution in [3.05, 3.63) is 48.0 Å². The summed E-state index contributed by atoms with van der Waals surface area (Å²) in [5, 5.41) is 14.5. The van der Waals surface area contributed by atoms with Crippen LogP contribution in [0.4, 0.5) is 14.5 Å². The number of alkyl halides is 2. The van der Waals surface area contributed by atoms with Crippen LogP contribution in [0.2, 0.25) is 0 Å². The number of aromatic hydroxyl groups is 1. The number of hydrogen-bond acceptors (Lipinski definition) is 5. The average molecular weight is 366 g/mol. The molecule has 3 N–H and O–H groups in total. The van der Waals surface area contributed by atoms with Crippen LogP contribution in [0.1, 0.15) is 10.4 Å². The Morgan fingerprint density at radius 2 is 1.85 bits per heavy atom. The van der Waals surface area contributed by atoms with Gasteiger partial charge >= 0.3 is 6.61 Å². The highest BCUT2D eigenvalue weighted by Crippen LogP contribution is 2.28. The number of amides is 2. The third-order valence-corrected chi connectivity index (χ3v) is 3.21. The zero-order chi connectivity index (χ0) is 19.1. The lowest BCUT2D eigenvalue weighted by atomic mass is 10.2.